The lowest BCUT2D eigenvalue weighted by atomic mass is 10.3. The Hall–Kier alpha value is -1.04. The van der Waals surface area contributed by atoms with E-state index in [4.69, 9.17) is 28.2 Å². The van der Waals surface area contributed by atoms with Crippen molar-refractivity contribution in [3.05, 3.63) is 0 Å². The molecule has 0 saturated carbocycles. The maximum Gasteiger partial charge on any atom is 0.0402 e. The molecule has 4 heteroatoms. The van der Waals surface area contributed by atoms with Crippen LogP contribution in [0.1, 0.15) is 33.6 Å². The minimum Gasteiger partial charge on any atom is -0.397 e. The number of unbranched alkanes of at least 4 members (excludes halogenated alkanes) is 1. The number of hydrogen-bond acceptors (Lipinski definition) is 4. The molecule has 98 valence electrons. The zero-order chi connectivity index (χ0) is 12.9. The van der Waals surface area contributed by atoms with Crippen molar-refractivity contribution >= 4 is 0 Å². The van der Waals surface area contributed by atoms with Crippen LogP contribution in [0.3, 0.4) is 0 Å². The lowest BCUT2D eigenvalue weighted by Crippen LogP contribution is -1.58. The van der Waals surface area contributed by atoms with E-state index in [9.17, 15) is 0 Å². The van der Waals surface area contributed by atoms with E-state index in [1.807, 2.05) is 0 Å². The summed E-state index contributed by atoms with van der Waals surface area (Å²) in [5, 5.41) is 22.7. The molecule has 4 nitrogen and oxygen atoms in total. The molecule has 0 atom stereocenters. The molecule has 0 aliphatic heterocycles. The smallest absolute Gasteiger partial charge is 0.0402 e. The van der Waals surface area contributed by atoms with E-state index in [1.165, 1.54) is 0 Å². The zero-order valence-electron chi connectivity index (χ0n) is 10.7. The summed E-state index contributed by atoms with van der Waals surface area (Å²) in [5.41, 5.74) is 0. The molecule has 16 heavy (non-hydrogen) atoms. The first kappa shape index (κ1) is 29.4. The molecule has 0 spiro atoms. The minimum absolute atomic E-state index is 0. The van der Waals surface area contributed by atoms with Crippen molar-refractivity contribution in [2.45, 2.75) is 33.6 Å². The van der Waals surface area contributed by atoms with Crippen LogP contribution in [-0.4, -0.2) is 35.1 Å². The van der Waals surface area contributed by atoms with Gasteiger partial charge in [0.1, 0.15) is 0 Å². The molecule has 0 rings (SSSR count). The largest absolute Gasteiger partial charge is 0.397 e. The van der Waals surface area contributed by atoms with Crippen LogP contribution in [0.5, 0.6) is 0 Å². The van der Waals surface area contributed by atoms with Crippen LogP contribution < -0.4 is 6.15 Å². The van der Waals surface area contributed by atoms with Gasteiger partial charge in [-0.25, -0.2) is 0 Å². The minimum atomic E-state index is 0. The topological polar surface area (TPSA) is 95.7 Å². The van der Waals surface area contributed by atoms with E-state index in [1.54, 1.807) is 20.8 Å². The molecule has 0 amide bonds. The summed E-state index contributed by atoms with van der Waals surface area (Å²) in [4.78, 5) is 0. The van der Waals surface area contributed by atoms with Crippen LogP contribution in [0.25, 0.3) is 0 Å². The normalized spacial score (nSPS) is 5.50. The molecule has 0 fully saturated rings. The first-order valence-corrected chi connectivity index (χ1v) is 4.85. The average molecular weight is 233 g/mol. The lowest BCUT2D eigenvalue weighted by Gasteiger charge is -1.70. The Labute approximate surface area is 100 Å². The van der Waals surface area contributed by atoms with Crippen molar-refractivity contribution in [1.82, 2.24) is 6.15 Å². The van der Waals surface area contributed by atoms with Gasteiger partial charge in [-0.3, -0.25) is 0 Å². The molecular weight excluding hydrogens is 206 g/mol. The van der Waals surface area contributed by atoms with E-state index < -0.39 is 0 Å². The van der Waals surface area contributed by atoms with Gasteiger partial charge in [-0.1, -0.05) is 0 Å². The van der Waals surface area contributed by atoms with Gasteiger partial charge < -0.3 is 21.5 Å². The second-order valence-electron chi connectivity index (χ2n) is 1.86. The predicted molar refractivity (Wildman–Crippen MR) is 70.2 cm³/mol. The number of terminal acetylenes is 2. The monoisotopic (exact) mass is 233 g/mol. The van der Waals surface area contributed by atoms with Gasteiger partial charge in [0.25, 0.3) is 0 Å². The molecule has 0 saturated heterocycles. The Bertz CT molecular complexity index is 117. The number of rotatable bonds is 1. The van der Waals surface area contributed by atoms with Gasteiger partial charge in [-0.15, -0.1) is 24.7 Å². The second-order valence-corrected chi connectivity index (χ2v) is 1.86. The fourth-order valence-electron chi connectivity index (χ4n) is 0.144. The van der Waals surface area contributed by atoms with Crippen LogP contribution in [-0.2, 0) is 0 Å². The average Bonchev–Trinajstić information content (AvgIpc) is 2.18. The SMILES string of the molecule is C#CCCC#C.CCO.CCO.CCO.N. The molecule has 0 aromatic carbocycles. The Morgan fingerprint density at radius 1 is 0.750 bits per heavy atom. The van der Waals surface area contributed by atoms with E-state index >= 15 is 0 Å². The Balaban J connectivity index is -0.0000000353. The van der Waals surface area contributed by atoms with Crippen LogP contribution in [0.2, 0.25) is 0 Å². The van der Waals surface area contributed by atoms with Gasteiger partial charge >= 0.3 is 0 Å². The molecule has 0 unspecified atom stereocenters. The summed E-state index contributed by atoms with van der Waals surface area (Å²) in [6.07, 6.45) is 11.1. The van der Waals surface area contributed by atoms with Crippen molar-refractivity contribution in [3.63, 3.8) is 0 Å². The Morgan fingerprint density at radius 3 is 0.938 bits per heavy atom. The fraction of sp³-hybridized carbons (Fsp3) is 0.667. The lowest BCUT2D eigenvalue weighted by molar-refractivity contribution is 0.318. The molecule has 0 aromatic rings. The molecule has 0 bridgehead atoms. The molecule has 0 aromatic heterocycles. The Morgan fingerprint density at radius 2 is 0.875 bits per heavy atom. The van der Waals surface area contributed by atoms with Crippen LogP contribution in [0.15, 0.2) is 0 Å². The third-order valence-corrected chi connectivity index (χ3v) is 0.414. The molecule has 0 heterocycles. The maximum atomic E-state index is 7.57. The zero-order valence-corrected chi connectivity index (χ0v) is 10.7. The molecule has 0 aliphatic rings. The summed E-state index contributed by atoms with van der Waals surface area (Å²) >= 11 is 0. The quantitative estimate of drug-likeness (QED) is 0.404. The fourth-order valence-corrected chi connectivity index (χ4v) is 0.144. The predicted octanol–water partition coefficient (Wildman–Crippen LogP) is 1.19. The van der Waals surface area contributed by atoms with E-state index in [0.29, 0.717) is 12.8 Å². The van der Waals surface area contributed by atoms with Crippen molar-refractivity contribution in [2.75, 3.05) is 19.8 Å². The van der Waals surface area contributed by atoms with Gasteiger partial charge in [-0.2, -0.15) is 0 Å². The summed E-state index contributed by atoms with van der Waals surface area (Å²) in [6, 6.07) is 0. The van der Waals surface area contributed by atoms with Gasteiger partial charge in [-0.05, 0) is 20.8 Å². The third-order valence-electron chi connectivity index (χ3n) is 0.414. The van der Waals surface area contributed by atoms with Crippen LogP contribution in [0.4, 0.5) is 0 Å². The van der Waals surface area contributed by atoms with E-state index in [0.717, 1.165) is 0 Å². The second kappa shape index (κ2) is 66.0. The van der Waals surface area contributed by atoms with Gasteiger partial charge in [0.2, 0.25) is 0 Å². The van der Waals surface area contributed by atoms with E-state index in [2.05, 4.69) is 11.8 Å². The van der Waals surface area contributed by atoms with E-state index in [-0.39, 0.29) is 26.0 Å². The first-order chi connectivity index (χ1) is 7.16. The van der Waals surface area contributed by atoms with Crippen molar-refractivity contribution in [1.29, 1.82) is 0 Å². The Kier molecular flexibility index (Phi) is 121. The highest BCUT2D eigenvalue weighted by Gasteiger charge is 1.66. The highest BCUT2D eigenvalue weighted by molar-refractivity contribution is 4.92. The molecule has 0 radical (unpaired) electrons. The summed E-state index contributed by atoms with van der Waals surface area (Å²) in [7, 11) is 0. The molecule has 0 aliphatic carbocycles. The highest BCUT2D eigenvalue weighted by atomic mass is 16.3. The van der Waals surface area contributed by atoms with Gasteiger partial charge in [0.15, 0.2) is 0 Å². The van der Waals surface area contributed by atoms with Crippen LogP contribution in [0, 0.1) is 24.7 Å². The number of aliphatic hydroxyl groups excluding tert-OH is 3. The third kappa shape index (κ3) is 483. The van der Waals surface area contributed by atoms with Crippen LogP contribution >= 0.6 is 0 Å². The van der Waals surface area contributed by atoms with Crippen molar-refractivity contribution in [2.24, 2.45) is 0 Å². The first-order valence-electron chi connectivity index (χ1n) is 4.85. The number of hydrogen-bond donors (Lipinski definition) is 4. The van der Waals surface area contributed by atoms with Crippen molar-refractivity contribution < 1.29 is 15.3 Å². The van der Waals surface area contributed by atoms with Gasteiger partial charge in [0.05, 0.1) is 0 Å². The maximum absolute atomic E-state index is 7.57. The number of aliphatic hydroxyl groups is 3. The molecular formula is C12H27NO3. The van der Waals surface area contributed by atoms with Gasteiger partial charge in [0, 0.05) is 32.7 Å². The summed E-state index contributed by atoms with van der Waals surface area (Å²) in [5.74, 6) is 4.85. The standard InChI is InChI=1S/C6H6.3C2H6O.H3N/c1-3-5-6-4-2;3*1-2-3;/h1-2H,5-6H2;3*3H,2H2,1H3;1H3. The summed E-state index contributed by atoms with van der Waals surface area (Å²) in [6.45, 7) is 5.79. The summed E-state index contributed by atoms with van der Waals surface area (Å²) < 4.78 is 0. The highest BCUT2D eigenvalue weighted by Crippen LogP contribution is 1.78. The molecule has 6 N–H and O–H groups in total. The van der Waals surface area contributed by atoms with Crippen molar-refractivity contribution in [3.8, 4) is 24.7 Å².